The fourth-order valence-corrected chi connectivity index (χ4v) is 4.29. The van der Waals surface area contributed by atoms with Gasteiger partial charge in [-0.2, -0.15) is 4.68 Å². The van der Waals surface area contributed by atoms with Crippen molar-refractivity contribution in [3.8, 4) is 0 Å². The minimum atomic E-state index is -0.871. The number of hydrogen-bond donors (Lipinski definition) is 2. The Labute approximate surface area is 199 Å². The first-order chi connectivity index (χ1) is 16.2. The molecule has 1 aliphatic carbocycles. The Bertz CT molecular complexity index is 1060. The van der Waals surface area contributed by atoms with Crippen molar-refractivity contribution in [2.75, 3.05) is 0 Å². The molecule has 3 atom stereocenters. The summed E-state index contributed by atoms with van der Waals surface area (Å²) in [5.41, 5.74) is 0.536. The highest BCUT2D eigenvalue weighted by molar-refractivity contribution is 5.99. The van der Waals surface area contributed by atoms with Gasteiger partial charge in [-0.3, -0.25) is 14.4 Å². The van der Waals surface area contributed by atoms with Crippen LogP contribution in [0.15, 0.2) is 39.5 Å². The van der Waals surface area contributed by atoms with Crippen molar-refractivity contribution in [3.05, 3.63) is 52.3 Å². The van der Waals surface area contributed by atoms with E-state index in [4.69, 9.17) is 4.42 Å². The van der Waals surface area contributed by atoms with Crippen molar-refractivity contribution in [1.29, 1.82) is 0 Å². The van der Waals surface area contributed by atoms with Gasteiger partial charge in [-0.05, 0) is 43.2 Å². The summed E-state index contributed by atoms with van der Waals surface area (Å²) in [6, 6.07) is 7.68. The molecule has 2 N–H and O–H groups in total. The Hall–Kier alpha value is -3.23. The number of Topliss-reactive ketones (excluding diaryl/α,β-unsaturated/α-hetero) is 1. The first-order valence-corrected chi connectivity index (χ1v) is 11.9. The van der Waals surface area contributed by atoms with Crippen LogP contribution in [0.4, 0.5) is 0 Å². The molecular formula is C25H34N4O5. The molecule has 1 saturated carbocycles. The Kier molecular flexibility index (Phi) is 8.41. The minimum absolute atomic E-state index is 0.107. The van der Waals surface area contributed by atoms with E-state index in [2.05, 4.69) is 15.7 Å². The summed E-state index contributed by atoms with van der Waals surface area (Å²) in [7, 11) is 0. The first kappa shape index (κ1) is 25.4. The Balaban J connectivity index is 1.71. The highest BCUT2D eigenvalue weighted by Crippen LogP contribution is 2.27. The van der Waals surface area contributed by atoms with E-state index in [9.17, 15) is 19.2 Å². The molecule has 9 heteroatoms. The van der Waals surface area contributed by atoms with Crippen molar-refractivity contribution in [2.45, 2.75) is 72.0 Å². The van der Waals surface area contributed by atoms with Crippen LogP contribution in [0, 0.1) is 17.8 Å². The fourth-order valence-electron chi connectivity index (χ4n) is 4.29. The summed E-state index contributed by atoms with van der Waals surface area (Å²) in [6.45, 7) is 8.08. The van der Waals surface area contributed by atoms with Crippen LogP contribution in [0.2, 0.25) is 0 Å². The SMILES string of the molecule is CC(C)C[C@H](NC(=O)[C@@H]1CCC[C@H]1NC(=O)c1ccccc1)C(=O)c1nn(CC(C)C)c(=O)o1. The van der Waals surface area contributed by atoms with Gasteiger partial charge >= 0.3 is 5.76 Å². The number of hydrogen-bond acceptors (Lipinski definition) is 6. The summed E-state index contributed by atoms with van der Waals surface area (Å²) in [5.74, 6) is -2.21. The molecule has 3 rings (SSSR count). The van der Waals surface area contributed by atoms with E-state index >= 15 is 0 Å². The van der Waals surface area contributed by atoms with Gasteiger partial charge in [0.2, 0.25) is 11.7 Å². The Morgan fingerprint density at radius 3 is 2.44 bits per heavy atom. The molecule has 0 radical (unpaired) electrons. The van der Waals surface area contributed by atoms with E-state index in [0.717, 1.165) is 11.1 Å². The lowest BCUT2D eigenvalue weighted by Crippen LogP contribution is -2.49. The third kappa shape index (κ3) is 6.42. The van der Waals surface area contributed by atoms with Gasteiger partial charge in [-0.15, -0.1) is 5.10 Å². The van der Waals surface area contributed by atoms with Crippen LogP contribution in [-0.4, -0.2) is 39.5 Å². The first-order valence-electron chi connectivity index (χ1n) is 11.9. The lowest BCUT2D eigenvalue weighted by atomic mass is 9.97. The predicted octanol–water partition coefficient (Wildman–Crippen LogP) is 2.80. The number of nitrogens with one attached hydrogen (secondary N) is 2. The summed E-state index contributed by atoms with van der Waals surface area (Å²) in [5, 5.41) is 9.87. The van der Waals surface area contributed by atoms with Gasteiger partial charge in [0.1, 0.15) is 0 Å². The molecule has 1 aliphatic rings. The molecule has 1 aromatic carbocycles. The summed E-state index contributed by atoms with van der Waals surface area (Å²) in [6.07, 6.45) is 2.48. The zero-order valence-corrected chi connectivity index (χ0v) is 20.2. The van der Waals surface area contributed by atoms with Crippen LogP contribution in [0.3, 0.4) is 0 Å². The zero-order valence-electron chi connectivity index (χ0n) is 20.2. The maximum atomic E-state index is 13.2. The second-order valence-electron chi connectivity index (χ2n) is 9.79. The molecule has 0 bridgehead atoms. The molecular weight excluding hydrogens is 436 g/mol. The number of carbonyl (C=O) groups is 3. The zero-order chi connectivity index (χ0) is 24.8. The second kappa shape index (κ2) is 11.3. The van der Waals surface area contributed by atoms with E-state index in [1.54, 1.807) is 24.3 Å². The van der Waals surface area contributed by atoms with E-state index in [1.165, 1.54) is 0 Å². The highest BCUT2D eigenvalue weighted by atomic mass is 16.4. The van der Waals surface area contributed by atoms with Crippen LogP contribution in [0.25, 0.3) is 0 Å². The average molecular weight is 471 g/mol. The maximum absolute atomic E-state index is 13.2. The van der Waals surface area contributed by atoms with Crippen LogP contribution in [0.5, 0.6) is 0 Å². The molecule has 0 aliphatic heterocycles. The van der Waals surface area contributed by atoms with Crippen LogP contribution < -0.4 is 16.4 Å². The fraction of sp³-hybridized carbons (Fsp3) is 0.560. The number of benzene rings is 1. The van der Waals surface area contributed by atoms with E-state index in [-0.39, 0.29) is 35.6 Å². The summed E-state index contributed by atoms with van der Waals surface area (Å²) in [4.78, 5) is 51.0. The Morgan fingerprint density at radius 2 is 1.79 bits per heavy atom. The van der Waals surface area contributed by atoms with Gasteiger partial charge < -0.3 is 15.1 Å². The van der Waals surface area contributed by atoms with Crippen molar-refractivity contribution < 1.29 is 18.8 Å². The van der Waals surface area contributed by atoms with Gasteiger partial charge in [0, 0.05) is 11.6 Å². The van der Waals surface area contributed by atoms with Crippen molar-refractivity contribution in [3.63, 3.8) is 0 Å². The van der Waals surface area contributed by atoms with Crippen molar-refractivity contribution >= 4 is 17.6 Å². The number of aromatic nitrogens is 2. The van der Waals surface area contributed by atoms with Crippen LogP contribution >= 0.6 is 0 Å². The standard InChI is InChI=1S/C25H34N4O5/c1-15(2)13-20(21(30)24-28-29(14-16(3)4)25(33)34-24)27-23(32)18-11-8-12-19(18)26-22(31)17-9-6-5-7-10-17/h5-7,9-10,15-16,18-20H,8,11-14H2,1-4H3,(H,26,31)(H,27,32)/t18-,19-,20+/m1/s1. The van der Waals surface area contributed by atoms with E-state index in [0.29, 0.717) is 31.4 Å². The topological polar surface area (TPSA) is 123 Å². The Morgan fingerprint density at radius 1 is 1.09 bits per heavy atom. The maximum Gasteiger partial charge on any atom is 0.437 e. The third-order valence-electron chi connectivity index (χ3n) is 5.90. The van der Waals surface area contributed by atoms with Gasteiger partial charge in [0.05, 0.1) is 18.5 Å². The quantitative estimate of drug-likeness (QED) is 0.515. The molecule has 1 aromatic heterocycles. The second-order valence-corrected chi connectivity index (χ2v) is 9.79. The smallest absolute Gasteiger partial charge is 0.384 e. The molecule has 34 heavy (non-hydrogen) atoms. The van der Waals surface area contributed by atoms with Crippen LogP contribution in [0.1, 0.15) is 74.4 Å². The normalized spacial score (nSPS) is 18.8. The molecule has 1 heterocycles. The molecule has 0 spiro atoms. The molecule has 9 nitrogen and oxygen atoms in total. The van der Waals surface area contributed by atoms with Crippen LogP contribution in [-0.2, 0) is 11.3 Å². The van der Waals surface area contributed by atoms with Crippen molar-refractivity contribution in [2.24, 2.45) is 17.8 Å². The third-order valence-corrected chi connectivity index (χ3v) is 5.90. The van der Waals surface area contributed by atoms with E-state index in [1.807, 2.05) is 33.8 Å². The minimum Gasteiger partial charge on any atom is -0.384 e. The summed E-state index contributed by atoms with van der Waals surface area (Å²) < 4.78 is 6.25. The lowest BCUT2D eigenvalue weighted by molar-refractivity contribution is -0.125. The predicted molar refractivity (Wildman–Crippen MR) is 126 cm³/mol. The molecule has 1 fully saturated rings. The number of ketones is 1. The van der Waals surface area contributed by atoms with Gasteiger partial charge in [-0.1, -0.05) is 52.3 Å². The molecule has 0 saturated heterocycles. The molecule has 0 unspecified atom stereocenters. The number of carbonyl (C=O) groups excluding carboxylic acids is 3. The van der Waals surface area contributed by atoms with E-state index < -0.39 is 23.5 Å². The largest absolute Gasteiger partial charge is 0.437 e. The van der Waals surface area contributed by atoms with Gasteiger partial charge in [0.25, 0.3) is 11.8 Å². The molecule has 184 valence electrons. The van der Waals surface area contributed by atoms with Gasteiger partial charge in [-0.25, -0.2) is 4.79 Å². The van der Waals surface area contributed by atoms with Crippen molar-refractivity contribution in [1.82, 2.24) is 20.4 Å². The van der Waals surface area contributed by atoms with Gasteiger partial charge in [0.15, 0.2) is 0 Å². The average Bonchev–Trinajstić information content (AvgIpc) is 3.39. The lowest BCUT2D eigenvalue weighted by Gasteiger charge is -2.24. The number of nitrogens with zero attached hydrogens (tertiary/aromatic N) is 2. The summed E-state index contributed by atoms with van der Waals surface area (Å²) >= 11 is 0. The molecule has 2 aromatic rings. The molecule has 2 amide bonds. The highest BCUT2D eigenvalue weighted by Gasteiger charge is 2.37. The number of amides is 2. The monoisotopic (exact) mass is 470 g/mol. The number of rotatable bonds is 10.